The fourth-order valence-corrected chi connectivity index (χ4v) is 1.84. The minimum absolute atomic E-state index is 0.926. The van der Waals surface area contributed by atoms with Crippen molar-refractivity contribution >= 4 is 17.5 Å². The number of aromatic nitrogens is 2. The highest BCUT2D eigenvalue weighted by Crippen LogP contribution is 2.15. The smallest absolute Gasteiger partial charge is 0.237 e. The van der Waals surface area contributed by atoms with Crippen molar-refractivity contribution in [2.24, 2.45) is 0 Å². The Hall–Kier alpha value is -0.640. The summed E-state index contributed by atoms with van der Waals surface area (Å²) in [6, 6.07) is 0. The number of hydrogen-bond acceptors (Lipinski definition) is 4. The monoisotopic (exact) mass is 169 g/mol. The minimum Gasteiger partial charge on any atom is -0.340 e. The Labute approximate surface area is 70.2 Å². The molecule has 0 aromatic carbocycles. The van der Waals surface area contributed by atoms with Crippen LogP contribution < -0.4 is 4.90 Å². The van der Waals surface area contributed by atoms with E-state index in [1.54, 1.807) is 5.51 Å². The molecule has 0 unspecified atom stereocenters. The topological polar surface area (TPSA) is 29.0 Å². The molecule has 1 aliphatic heterocycles. The maximum atomic E-state index is 4.20. The quantitative estimate of drug-likeness (QED) is 0.638. The van der Waals surface area contributed by atoms with E-state index < -0.39 is 0 Å². The van der Waals surface area contributed by atoms with Gasteiger partial charge in [0, 0.05) is 13.1 Å². The van der Waals surface area contributed by atoms with Crippen molar-refractivity contribution in [1.29, 1.82) is 0 Å². The van der Waals surface area contributed by atoms with E-state index in [4.69, 9.17) is 0 Å². The molecule has 11 heavy (non-hydrogen) atoms. The molecule has 1 saturated heterocycles. The Morgan fingerprint density at radius 3 is 2.73 bits per heavy atom. The van der Waals surface area contributed by atoms with Gasteiger partial charge in [0.05, 0.1) is 0 Å². The molecule has 0 bridgehead atoms. The van der Waals surface area contributed by atoms with Crippen molar-refractivity contribution in [3.05, 3.63) is 5.51 Å². The summed E-state index contributed by atoms with van der Waals surface area (Å²) in [5.74, 6) is 0.926. The highest BCUT2D eigenvalue weighted by atomic mass is 32.1. The van der Waals surface area contributed by atoms with Crippen molar-refractivity contribution in [3.63, 3.8) is 0 Å². The summed E-state index contributed by atoms with van der Waals surface area (Å²) in [4.78, 5) is 6.44. The van der Waals surface area contributed by atoms with Crippen LogP contribution in [0.25, 0.3) is 0 Å². The van der Waals surface area contributed by atoms with Crippen LogP contribution in [0.2, 0.25) is 0 Å². The van der Waals surface area contributed by atoms with Gasteiger partial charge in [-0.25, -0.2) is 4.98 Å². The van der Waals surface area contributed by atoms with Gasteiger partial charge >= 0.3 is 0 Å². The number of piperidine rings is 1. The molecule has 2 heterocycles. The lowest BCUT2D eigenvalue weighted by Gasteiger charge is -2.24. The molecule has 0 spiro atoms. The Kier molecular flexibility index (Phi) is 2.03. The molecular weight excluding hydrogens is 158 g/mol. The molecule has 1 aliphatic rings. The second-order valence-corrected chi connectivity index (χ2v) is 3.38. The van der Waals surface area contributed by atoms with E-state index in [0.29, 0.717) is 0 Å². The molecule has 3 nitrogen and oxygen atoms in total. The normalized spacial score (nSPS) is 18.7. The Morgan fingerprint density at radius 1 is 1.27 bits per heavy atom. The number of anilines is 1. The van der Waals surface area contributed by atoms with Crippen LogP contribution in [-0.2, 0) is 0 Å². The van der Waals surface area contributed by atoms with Crippen molar-refractivity contribution in [2.45, 2.75) is 19.3 Å². The first-order chi connectivity index (χ1) is 5.47. The molecule has 0 amide bonds. The van der Waals surface area contributed by atoms with E-state index >= 15 is 0 Å². The van der Waals surface area contributed by atoms with Gasteiger partial charge in [-0.15, -0.1) is 0 Å². The number of rotatable bonds is 1. The average molecular weight is 169 g/mol. The number of hydrogen-bond donors (Lipinski definition) is 0. The van der Waals surface area contributed by atoms with Crippen LogP contribution in [0.3, 0.4) is 0 Å². The van der Waals surface area contributed by atoms with Gasteiger partial charge in [-0.2, -0.15) is 4.37 Å². The second-order valence-electron chi connectivity index (χ2n) is 2.78. The van der Waals surface area contributed by atoms with Crippen LogP contribution in [0.15, 0.2) is 5.51 Å². The maximum Gasteiger partial charge on any atom is 0.237 e. The van der Waals surface area contributed by atoms with Crippen molar-refractivity contribution in [3.8, 4) is 0 Å². The summed E-state index contributed by atoms with van der Waals surface area (Å²) in [5.41, 5.74) is 1.80. The summed E-state index contributed by atoms with van der Waals surface area (Å²) in [5, 5.41) is 0. The van der Waals surface area contributed by atoms with E-state index in [0.717, 1.165) is 19.0 Å². The van der Waals surface area contributed by atoms with Crippen LogP contribution in [-0.4, -0.2) is 22.4 Å². The summed E-state index contributed by atoms with van der Waals surface area (Å²) >= 11 is 1.43. The van der Waals surface area contributed by atoms with Crippen LogP contribution in [0, 0.1) is 0 Å². The summed E-state index contributed by atoms with van der Waals surface area (Å²) in [6.07, 6.45) is 3.94. The molecule has 4 heteroatoms. The zero-order chi connectivity index (χ0) is 7.52. The van der Waals surface area contributed by atoms with Gasteiger partial charge in [-0.1, -0.05) is 0 Å². The molecular formula is C7H11N3S. The van der Waals surface area contributed by atoms with Crippen molar-refractivity contribution < 1.29 is 0 Å². The Bertz CT molecular complexity index is 203. The predicted octanol–water partition coefficient (Wildman–Crippen LogP) is 1.53. The van der Waals surface area contributed by atoms with Crippen molar-refractivity contribution in [2.75, 3.05) is 18.0 Å². The highest BCUT2D eigenvalue weighted by molar-refractivity contribution is 7.03. The molecule has 60 valence electrons. The van der Waals surface area contributed by atoms with Gasteiger partial charge in [-0.3, -0.25) is 0 Å². The largest absolute Gasteiger partial charge is 0.340 e. The second kappa shape index (κ2) is 3.17. The van der Waals surface area contributed by atoms with E-state index in [2.05, 4.69) is 14.3 Å². The van der Waals surface area contributed by atoms with Crippen LogP contribution in [0.1, 0.15) is 19.3 Å². The van der Waals surface area contributed by atoms with Gasteiger partial charge in [0.15, 0.2) is 0 Å². The molecule has 0 atom stereocenters. The Morgan fingerprint density at radius 2 is 2.09 bits per heavy atom. The van der Waals surface area contributed by atoms with Gasteiger partial charge in [0.1, 0.15) is 5.51 Å². The maximum absolute atomic E-state index is 4.20. The van der Waals surface area contributed by atoms with Crippen LogP contribution >= 0.6 is 11.5 Å². The number of nitrogens with zero attached hydrogens (tertiary/aromatic N) is 3. The first-order valence-electron chi connectivity index (χ1n) is 3.98. The average Bonchev–Trinajstić information content (AvgIpc) is 2.58. The third-order valence-corrected chi connectivity index (χ3v) is 2.46. The van der Waals surface area contributed by atoms with E-state index in [9.17, 15) is 0 Å². The molecule has 1 aromatic rings. The van der Waals surface area contributed by atoms with Crippen LogP contribution in [0.4, 0.5) is 5.95 Å². The molecule has 0 saturated carbocycles. The van der Waals surface area contributed by atoms with Crippen molar-refractivity contribution in [1.82, 2.24) is 9.36 Å². The zero-order valence-electron chi connectivity index (χ0n) is 6.36. The molecule has 0 radical (unpaired) electrons. The molecule has 0 aliphatic carbocycles. The SMILES string of the molecule is c1nc(N2CCCCC2)ns1. The minimum atomic E-state index is 0.926. The lowest BCUT2D eigenvalue weighted by molar-refractivity contribution is 0.570. The molecule has 1 fully saturated rings. The fraction of sp³-hybridized carbons (Fsp3) is 0.714. The van der Waals surface area contributed by atoms with Gasteiger partial charge < -0.3 is 4.90 Å². The lowest BCUT2D eigenvalue weighted by Crippen LogP contribution is -2.30. The summed E-state index contributed by atoms with van der Waals surface area (Å²) < 4.78 is 4.20. The Balaban J connectivity index is 2.04. The lowest BCUT2D eigenvalue weighted by atomic mass is 10.1. The van der Waals surface area contributed by atoms with E-state index in [1.165, 1.54) is 30.8 Å². The first kappa shape index (κ1) is 7.03. The van der Waals surface area contributed by atoms with Gasteiger partial charge in [0.2, 0.25) is 5.95 Å². The fourth-order valence-electron chi connectivity index (χ4n) is 1.40. The summed E-state index contributed by atoms with van der Waals surface area (Å²) in [6.45, 7) is 2.27. The summed E-state index contributed by atoms with van der Waals surface area (Å²) in [7, 11) is 0. The third-order valence-electron chi connectivity index (χ3n) is 1.99. The van der Waals surface area contributed by atoms with Gasteiger partial charge in [-0.05, 0) is 30.8 Å². The standard InChI is InChI=1S/C7H11N3S/c1-2-4-10(5-3-1)7-8-6-11-9-7/h6H,1-5H2. The predicted molar refractivity (Wildman–Crippen MR) is 46.0 cm³/mol. The molecule has 1 aromatic heterocycles. The van der Waals surface area contributed by atoms with Gasteiger partial charge in [0.25, 0.3) is 0 Å². The first-order valence-corrected chi connectivity index (χ1v) is 4.82. The molecule has 0 N–H and O–H groups in total. The van der Waals surface area contributed by atoms with E-state index in [1.807, 2.05) is 0 Å². The van der Waals surface area contributed by atoms with Crippen LogP contribution in [0.5, 0.6) is 0 Å². The highest BCUT2D eigenvalue weighted by Gasteiger charge is 2.12. The molecule has 2 rings (SSSR count). The van der Waals surface area contributed by atoms with E-state index in [-0.39, 0.29) is 0 Å². The zero-order valence-corrected chi connectivity index (χ0v) is 7.18. The third kappa shape index (κ3) is 1.50.